The third-order valence-corrected chi connectivity index (χ3v) is 2.46. The maximum Gasteiger partial charge on any atom is 0.0624 e. The number of nitrogens with two attached hydrogens (primary N) is 1. The van der Waals surface area contributed by atoms with Crippen molar-refractivity contribution in [1.82, 2.24) is 9.78 Å². The highest BCUT2D eigenvalue weighted by atomic mass is 15.3. The smallest absolute Gasteiger partial charge is 0.0624 e. The van der Waals surface area contributed by atoms with Gasteiger partial charge in [-0.2, -0.15) is 5.10 Å². The summed E-state index contributed by atoms with van der Waals surface area (Å²) in [4.78, 5) is 0. The number of unbranched alkanes of at least 4 members (excludes halogenated alkanes) is 1. The van der Waals surface area contributed by atoms with Gasteiger partial charge in [-0.15, -0.1) is 0 Å². The fraction of sp³-hybridized carbons (Fsp3) is 0.727. The summed E-state index contributed by atoms with van der Waals surface area (Å²) in [5, 5.41) is 4.51. The fourth-order valence-electron chi connectivity index (χ4n) is 1.61. The molecule has 0 aromatic carbocycles. The first-order chi connectivity index (χ1) is 6.81. The predicted octanol–water partition coefficient (Wildman–Crippen LogP) is 1.75. The van der Waals surface area contributed by atoms with E-state index in [-0.39, 0.29) is 0 Å². The molecular formula is C11H21N3. The highest BCUT2D eigenvalue weighted by Crippen LogP contribution is 2.08. The average molecular weight is 195 g/mol. The molecule has 0 amide bonds. The van der Waals surface area contributed by atoms with E-state index in [4.69, 9.17) is 5.73 Å². The molecule has 0 aliphatic carbocycles. The van der Waals surface area contributed by atoms with Gasteiger partial charge in [-0.3, -0.25) is 4.68 Å². The topological polar surface area (TPSA) is 43.8 Å². The van der Waals surface area contributed by atoms with Gasteiger partial charge in [0.1, 0.15) is 0 Å². The van der Waals surface area contributed by atoms with Gasteiger partial charge < -0.3 is 5.73 Å². The number of hydrogen-bond acceptors (Lipinski definition) is 2. The lowest BCUT2D eigenvalue weighted by molar-refractivity contribution is 0.597. The molecule has 1 aromatic rings. The molecule has 0 atom stereocenters. The molecule has 3 nitrogen and oxygen atoms in total. The van der Waals surface area contributed by atoms with E-state index in [0.717, 1.165) is 32.4 Å². The maximum absolute atomic E-state index is 5.47. The van der Waals surface area contributed by atoms with Crippen LogP contribution in [0.3, 0.4) is 0 Å². The largest absolute Gasteiger partial charge is 0.330 e. The molecule has 2 N–H and O–H groups in total. The number of nitrogens with zero attached hydrogens (tertiary/aromatic N) is 2. The van der Waals surface area contributed by atoms with Crippen LogP contribution in [0.15, 0.2) is 6.07 Å². The first-order valence-electron chi connectivity index (χ1n) is 5.57. The van der Waals surface area contributed by atoms with E-state index in [1.807, 2.05) is 0 Å². The van der Waals surface area contributed by atoms with E-state index < -0.39 is 0 Å². The fourth-order valence-corrected chi connectivity index (χ4v) is 1.61. The van der Waals surface area contributed by atoms with Crippen LogP contribution in [0.2, 0.25) is 0 Å². The van der Waals surface area contributed by atoms with Crippen LogP contribution >= 0.6 is 0 Å². The summed E-state index contributed by atoms with van der Waals surface area (Å²) in [6.07, 6.45) is 4.41. The first kappa shape index (κ1) is 11.2. The van der Waals surface area contributed by atoms with Gasteiger partial charge in [0.15, 0.2) is 0 Å². The Kier molecular flexibility index (Phi) is 4.66. The quantitative estimate of drug-likeness (QED) is 0.703. The lowest BCUT2D eigenvalue weighted by atomic mass is 10.2. The summed E-state index contributed by atoms with van der Waals surface area (Å²) in [6.45, 7) is 6.05. The third-order valence-electron chi connectivity index (χ3n) is 2.46. The molecule has 0 spiro atoms. The van der Waals surface area contributed by atoms with Crippen LogP contribution in [0.5, 0.6) is 0 Å². The Morgan fingerprint density at radius 3 is 2.71 bits per heavy atom. The van der Waals surface area contributed by atoms with Crippen LogP contribution in [0.4, 0.5) is 0 Å². The average Bonchev–Trinajstić information content (AvgIpc) is 2.61. The van der Waals surface area contributed by atoms with Crippen molar-refractivity contribution in [2.45, 2.75) is 46.1 Å². The minimum atomic E-state index is 0.793. The van der Waals surface area contributed by atoms with E-state index >= 15 is 0 Å². The van der Waals surface area contributed by atoms with Gasteiger partial charge in [0.05, 0.1) is 5.69 Å². The van der Waals surface area contributed by atoms with Gasteiger partial charge in [-0.05, 0) is 45.2 Å². The monoisotopic (exact) mass is 195 g/mol. The van der Waals surface area contributed by atoms with Gasteiger partial charge >= 0.3 is 0 Å². The van der Waals surface area contributed by atoms with Gasteiger partial charge in [0, 0.05) is 12.2 Å². The molecule has 0 aliphatic heterocycles. The molecule has 80 valence electrons. The second-order valence-electron chi connectivity index (χ2n) is 3.54. The van der Waals surface area contributed by atoms with Crippen LogP contribution in [0.1, 0.15) is 38.1 Å². The molecule has 14 heavy (non-hydrogen) atoms. The highest BCUT2D eigenvalue weighted by Gasteiger charge is 2.04. The van der Waals surface area contributed by atoms with Crippen LogP contribution < -0.4 is 5.73 Å². The zero-order valence-corrected chi connectivity index (χ0v) is 9.29. The van der Waals surface area contributed by atoms with Gasteiger partial charge in [0.25, 0.3) is 0 Å². The Bertz CT molecular complexity index is 265. The molecule has 1 rings (SSSR count). The molecule has 0 bridgehead atoms. The zero-order chi connectivity index (χ0) is 10.4. The lowest BCUT2D eigenvalue weighted by Gasteiger charge is -2.03. The Hall–Kier alpha value is -0.830. The standard InChI is InChI=1S/C11H21N3/c1-3-10-9-11(7-5-6-8-12)14(4-2)13-10/h9H,3-8,12H2,1-2H3. The number of hydrogen-bond donors (Lipinski definition) is 1. The third kappa shape index (κ3) is 2.84. The molecule has 0 saturated carbocycles. The molecule has 0 unspecified atom stereocenters. The summed E-state index contributed by atoms with van der Waals surface area (Å²) in [5.74, 6) is 0. The van der Waals surface area contributed by atoms with Crippen molar-refractivity contribution < 1.29 is 0 Å². The Morgan fingerprint density at radius 2 is 2.14 bits per heavy atom. The minimum Gasteiger partial charge on any atom is -0.330 e. The van der Waals surface area contributed by atoms with Gasteiger partial charge in [0.2, 0.25) is 0 Å². The summed E-state index contributed by atoms with van der Waals surface area (Å²) in [7, 11) is 0. The maximum atomic E-state index is 5.47. The Labute approximate surface area is 86.3 Å². The molecule has 0 saturated heterocycles. The Morgan fingerprint density at radius 1 is 1.36 bits per heavy atom. The molecule has 0 fully saturated rings. The minimum absolute atomic E-state index is 0.793. The lowest BCUT2D eigenvalue weighted by Crippen LogP contribution is -2.04. The summed E-state index contributed by atoms with van der Waals surface area (Å²) >= 11 is 0. The van der Waals surface area contributed by atoms with Crippen molar-refractivity contribution >= 4 is 0 Å². The molecule has 0 aliphatic rings. The van der Waals surface area contributed by atoms with Gasteiger partial charge in [-0.1, -0.05) is 6.92 Å². The van der Waals surface area contributed by atoms with Crippen LogP contribution in [-0.4, -0.2) is 16.3 Å². The zero-order valence-electron chi connectivity index (χ0n) is 9.29. The predicted molar refractivity (Wildman–Crippen MR) is 59.3 cm³/mol. The SMILES string of the molecule is CCc1cc(CCCCN)n(CC)n1. The van der Waals surface area contributed by atoms with Crippen LogP contribution in [0.25, 0.3) is 0 Å². The van der Waals surface area contributed by atoms with Crippen molar-refractivity contribution in [2.24, 2.45) is 5.73 Å². The van der Waals surface area contributed by atoms with E-state index in [1.165, 1.54) is 17.8 Å². The summed E-state index contributed by atoms with van der Waals surface area (Å²) in [5.41, 5.74) is 8.03. The first-order valence-corrected chi connectivity index (χ1v) is 5.57. The Balaban J connectivity index is 2.59. The van der Waals surface area contributed by atoms with Crippen molar-refractivity contribution in [3.8, 4) is 0 Å². The van der Waals surface area contributed by atoms with E-state index in [1.54, 1.807) is 0 Å². The number of aromatic nitrogens is 2. The van der Waals surface area contributed by atoms with Crippen molar-refractivity contribution in [2.75, 3.05) is 6.54 Å². The van der Waals surface area contributed by atoms with Crippen molar-refractivity contribution in [1.29, 1.82) is 0 Å². The van der Waals surface area contributed by atoms with E-state index in [0.29, 0.717) is 0 Å². The number of rotatable bonds is 6. The second kappa shape index (κ2) is 5.81. The molecule has 1 aromatic heterocycles. The number of aryl methyl sites for hydroxylation is 3. The van der Waals surface area contributed by atoms with E-state index in [2.05, 4.69) is 29.7 Å². The van der Waals surface area contributed by atoms with Crippen LogP contribution in [0, 0.1) is 0 Å². The molecule has 3 heteroatoms. The van der Waals surface area contributed by atoms with Crippen LogP contribution in [-0.2, 0) is 19.4 Å². The molecular weight excluding hydrogens is 174 g/mol. The second-order valence-corrected chi connectivity index (χ2v) is 3.54. The van der Waals surface area contributed by atoms with E-state index in [9.17, 15) is 0 Å². The highest BCUT2D eigenvalue weighted by molar-refractivity contribution is 5.10. The van der Waals surface area contributed by atoms with Gasteiger partial charge in [-0.25, -0.2) is 0 Å². The normalized spacial score (nSPS) is 10.8. The molecule has 0 radical (unpaired) electrons. The van der Waals surface area contributed by atoms with Crippen molar-refractivity contribution in [3.63, 3.8) is 0 Å². The summed E-state index contributed by atoms with van der Waals surface area (Å²) < 4.78 is 2.11. The molecule has 1 heterocycles. The van der Waals surface area contributed by atoms with Crippen molar-refractivity contribution in [3.05, 3.63) is 17.5 Å². The summed E-state index contributed by atoms with van der Waals surface area (Å²) in [6, 6.07) is 2.22.